The molecule has 1 aliphatic heterocycles. The van der Waals surface area contributed by atoms with Crippen molar-refractivity contribution in [1.29, 1.82) is 0 Å². The quantitative estimate of drug-likeness (QED) is 0.627. The zero-order valence-electron chi connectivity index (χ0n) is 12.1. The molecule has 0 aliphatic carbocycles. The smallest absolute Gasteiger partial charge is 0.321 e. The summed E-state index contributed by atoms with van der Waals surface area (Å²) in [6.07, 6.45) is -4.40. The van der Waals surface area contributed by atoms with E-state index in [2.05, 4.69) is 0 Å². The molecular formula is C14H15F3N2O3. The first-order valence-electron chi connectivity index (χ1n) is 6.90. The number of benzene rings is 1. The van der Waals surface area contributed by atoms with Gasteiger partial charge < -0.3 is 4.90 Å². The minimum absolute atomic E-state index is 0.187. The molecule has 1 aromatic rings. The zero-order valence-corrected chi connectivity index (χ0v) is 12.1. The van der Waals surface area contributed by atoms with E-state index in [1.807, 2.05) is 0 Å². The Bertz CT molecular complexity index is 616. The van der Waals surface area contributed by atoms with Crippen molar-refractivity contribution in [3.8, 4) is 0 Å². The topological polar surface area (TPSA) is 63.5 Å². The Morgan fingerprint density at radius 3 is 2.23 bits per heavy atom. The van der Waals surface area contributed by atoms with Crippen molar-refractivity contribution in [3.05, 3.63) is 39.4 Å². The molecule has 2 atom stereocenters. The highest BCUT2D eigenvalue weighted by atomic mass is 19.4. The molecule has 0 saturated carbocycles. The van der Waals surface area contributed by atoms with E-state index < -0.39 is 29.1 Å². The highest BCUT2D eigenvalue weighted by Crippen LogP contribution is 2.47. The van der Waals surface area contributed by atoms with Crippen molar-refractivity contribution in [2.24, 2.45) is 0 Å². The van der Waals surface area contributed by atoms with Crippen molar-refractivity contribution in [3.63, 3.8) is 0 Å². The van der Waals surface area contributed by atoms with Gasteiger partial charge >= 0.3 is 12.1 Å². The van der Waals surface area contributed by atoms with E-state index in [0.717, 1.165) is 4.90 Å². The third kappa shape index (κ3) is 2.53. The summed E-state index contributed by atoms with van der Waals surface area (Å²) in [7, 11) is 0. The summed E-state index contributed by atoms with van der Waals surface area (Å²) in [6.45, 7) is 3.34. The van der Waals surface area contributed by atoms with Crippen LogP contribution in [-0.4, -0.2) is 21.9 Å². The second-order valence-electron chi connectivity index (χ2n) is 5.13. The maximum atomic E-state index is 12.9. The number of amides is 1. The summed E-state index contributed by atoms with van der Waals surface area (Å²) < 4.78 is 38.6. The van der Waals surface area contributed by atoms with Crippen LogP contribution in [0.4, 0.5) is 18.9 Å². The minimum atomic E-state index is -4.96. The van der Waals surface area contributed by atoms with Gasteiger partial charge in [0.25, 0.3) is 5.69 Å². The van der Waals surface area contributed by atoms with Gasteiger partial charge in [-0.05, 0) is 30.0 Å². The molecule has 0 saturated heterocycles. The van der Waals surface area contributed by atoms with Crippen LogP contribution in [0.1, 0.15) is 49.9 Å². The second kappa shape index (κ2) is 5.58. The van der Waals surface area contributed by atoms with E-state index in [4.69, 9.17) is 0 Å². The Labute approximate surface area is 124 Å². The maximum Gasteiger partial charge on any atom is 0.471 e. The Kier molecular flexibility index (Phi) is 4.12. The van der Waals surface area contributed by atoms with Gasteiger partial charge in [-0.1, -0.05) is 13.8 Å². The summed E-state index contributed by atoms with van der Waals surface area (Å²) in [6, 6.07) is 2.48. The monoisotopic (exact) mass is 316 g/mol. The second-order valence-corrected chi connectivity index (χ2v) is 5.13. The molecule has 22 heavy (non-hydrogen) atoms. The van der Waals surface area contributed by atoms with Crippen LogP contribution in [-0.2, 0) is 4.79 Å². The number of nitro groups is 1. The van der Waals surface area contributed by atoms with Gasteiger partial charge in [-0.15, -0.1) is 0 Å². The van der Waals surface area contributed by atoms with Crippen LogP contribution in [0, 0.1) is 10.1 Å². The fourth-order valence-electron chi connectivity index (χ4n) is 3.05. The first-order valence-corrected chi connectivity index (χ1v) is 6.90. The highest BCUT2D eigenvalue weighted by Gasteiger charge is 2.50. The average molecular weight is 316 g/mol. The number of carbonyl (C=O) groups excluding carboxylic acids is 1. The number of carbonyl (C=O) groups is 1. The molecular weight excluding hydrogens is 301 g/mol. The van der Waals surface area contributed by atoms with E-state index in [1.54, 1.807) is 13.8 Å². The number of rotatable bonds is 3. The Balaban J connectivity index is 2.55. The molecule has 8 heteroatoms. The van der Waals surface area contributed by atoms with Gasteiger partial charge in [0.1, 0.15) is 0 Å². The molecule has 5 nitrogen and oxygen atoms in total. The van der Waals surface area contributed by atoms with Crippen molar-refractivity contribution in [1.82, 2.24) is 4.90 Å². The number of hydrogen-bond acceptors (Lipinski definition) is 3. The van der Waals surface area contributed by atoms with E-state index in [1.165, 1.54) is 18.2 Å². The third-order valence-corrected chi connectivity index (χ3v) is 3.92. The molecule has 1 aromatic carbocycles. The average Bonchev–Trinajstić information content (AvgIpc) is 2.77. The Morgan fingerprint density at radius 2 is 1.77 bits per heavy atom. The molecule has 0 radical (unpaired) electrons. The predicted octanol–water partition coefficient (Wildman–Crippen LogP) is 3.90. The van der Waals surface area contributed by atoms with Gasteiger partial charge in [-0.2, -0.15) is 13.2 Å². The molecule has 0 N–H and O–H groups in total. The van der Waals surface area contributed by atoms with E-state index >= 15 is 0 Å². The van der Waals surface area contributed by atoms with Crippen LogP contribution < -0.4 is 0 Å². The molecule has 1 heterocycles. The number of halogens is 3. The zero-order chi connectivity index (χ0) is 16.7. The van der Waals surface area contributed by atoms with Crippen molar-refractivity contribution >= 4 is 11.6 Å². The van der Waals surface area contributed by atoms with Crippen molar-refractivity contribution in [2.45, 2.75) is 44.9 Å². The van der Waals surface area contributed by atoms with Crippen LogP contribution in [0.25, 0.3) is 0 Å². The molecule has 2 unspecified atom stereocenters. The number of alkyl halides is 3. The fraction of sp³-hybridized carbons (Fsp3) is 0.500. The van der Waals surface area contributed by atoms with Gasteiger partial charge in [-0.3, -0.25) is 14.9 Å². The van der Waals surface area contributed by atoms with Gasteiger partial charge in [-0.25, -0.2) is 0 Å². The van der Waals surface area contributed by atoms with Gasteiger partial charge in [0, 0.05) is 12.1 Å². The molecule has 0 bridgehead atoms. The van der Waals surface area contributed by atoms with Gasteiger partial charge in [0.2, 0.25) is 0 Å². The van der Waals surface area contributed by atoms with Crippen molar-refractivity contribution in [2.75, 3.05) is 0 Å². The fourth-order valence-corrected chi connectivity index (χ4v) is 3.05. The molecule has 0 aromatic heterocycles. The summed E-state index contributed by atoms with van der Waals surface area (Å²) in [5.74, 6) is -1.90. The van der Waals surface area contributed by atoms with Crippen LogP contribution >= 0.6 is 0 Å². The summed E-state index contributed by atoms with van der Waals surface area (Å²) in [5, 5.41) is 10.9. The highest BCUT2D eigenvalue weighted by molar-refractivity contribution is 5.83. The molecule has 2 rings (SSSR count). The summed E-state index contributed by atoms with van der Waals surface area (Å²) >= 11 is 0. The lowest BCUT2D eigenvalue weighted by Gasteiger charge is -2.30. The minimum Gasteiger partial charge on any atom is -0.321 e. The number of fused-ring (bicyclic) bond motifs is 1. The lowest BCUT2D eigenvalue weighted by Crippen LogP contribution is -2.41. The summed E-state index contributed by atoms with van der Waals surface area (Å²) in [4.78, 5) is 22.8. The lowest BCUT2D eigenvalue weighted by atomic mass is 9.99. The van der Waals surface area contributed by atoms with Crippen LogP contribution in [0.5, 0.6) is 0 Å². The summed E-state index contributed by atoms with van der Waals surface area (Å²) in [5.41, 5.74) is 0.798. The predicted molar refractivity (Wildman–Crippen MR) is 72.1 cm³/mol. The van der Waals surface area contributed by atoms with E-state index in [9.17, 15) is 28.1 Å². The van der Waals surface area contributed by atoms with Crippen LogP contribution in [0.2, 0.25) is 0 Å². The largest absolute Gasteiger partial charge is 0.471 e. The van der Waals surface area contributed by atoms with Crippen LogP contribution in [0.3, 0.4) is 0 Å². The Hall–Kier alpha value is -2.12. The molecule has 1 aliphatic rings. The standard InChI is InChI=1S/C14H15F3N2O3/c1-3-11-9-6-5-8(19(21)22)7-10(9)12(4-2)18(11)13(20)14(15,16)17/h5-7,11-12H,3-4H2,1-2H3. The molecule has 0 fully saturated rings. The van der Waals surface area contributed by atoms with Gasteiger partial charge in [0.05, 0.1) is 17.0 Å². The Morgan fingerprint density at radius 1 is 1.23 bits per heavy atom. The number of non-ortho nitro benzene ring substituents is 1. The number of hydrogen-bond donors (Lipinski definition) is 0. The normalized spacial score (nSPS) is 20.9. The number of nitro benzene ring substituents is 1. The lowest BCUT2D eigenvalue weighted by molar-refractivity contribution is -0.384. The first kappa shape index (κ1) is 16.3. The first-order chi connectivity index (χ1) is 10.2. The molecule has 120 valence electrons. The van der Waals surface area contributed by atoms with Crippen LogP contribution in [0.15, 0.2) is 18.2 Å². The van der Waals surface area contributed by atoms with E-state index in [0.29, 0.717) is 17.5 Å². The van der Waals surface area contributed by atoms with E-state index in [-0.39, 0.29) is 12.1 Å². The van der Waals surface area contributed by atoms with Gasteiger partial charge in [0.15, 0.2) is 0 Å². The molecule has 0 spiro atoms. The third-order valence-electron chi connectivity index (χ3n) is 3.92. The van der Waals surface area contributed by atoms with Crippen molar-refractivity contribution < 1.29 is 22.9 Å². The number of nitrogens with zero attached hydrogens (tertiary/aromatic N) is 2. The maximum absolute atomic E-state index is 12.9. The SMILES string of the molecule is CCC1c2ccc([N+](=O)[O-])cc2C(CC)N1C(=O)C(F)(F)F. The molecule has 1 amide bonds.